The summed E-state index contributed by atoms with van der Waals surface area (Å²) in [5, 5.41) is 22.6. The third-order valence-corrected chi connectivity index (χ3v) is 8.99. The number of halogens is 3. The standard InChI is InChI=1S/C32H33F3N4O5S/c1-4-20-15-23(8-9-24(20)21-10-12-38(13-11-21)30(41)19(3)40)44-17-22-14-18(2)45-28(22)26-6-5-7-27(37-26)39-29(32(33,34)35)25(16-36-39)31(42)43/h5-9,14-16,19,21,40H,4,10-13,17H2,1-3H3,(H,42,43)/t19-/m0/s1. The maximum absolute atomic E-state index is 13.8. The number of aromatic nitrogens is 3. The second kappa shape index (κ2) is 13.0. The van der Waals surface area contributed by atoms with Gasteiger partial charge >= 0.3 is 12.1 Å². The number of carbonyl (C=O) groups is 2. The minimum absolute atomic E-state index is 0.158. The molecule has 1 aliphatic heterocycles. The number of piperidine rings is 1. The van der Waals surface area contributed by atoms with E-state index in [1.807, 2.05) is 25.1 Å². The van der Waals surface area contributed by atoms with Gasteiger partial charge in [0, 0.05) is 23.5 Å². The highest BCUT2D eigenvalue weighted by atomic mass is 32.1. The molecule has 0 spiro atoms. The zero-order valence-corrected chi connectivity index (χ0v) is 25.8. The maximum Gasteiger partial charge on any atom is 0.434 e. The van der Waals surface area contributed by atoms with Crippen molar-refractivity contribution in [3.63, 3.8) is 0 Å². The molecule has 13 heteroatoms. The molecule has 0 aliphatic carbocycles. The number of thiophene rings is 1. The number of aryl methyl sites for hydroxylation is 2. The van der Waals surface area contributed by atoms with Gasteiger partial charge in [0.2, 0.25) is 0 Å². The minimum Gasteiger partial charge on any atom is -0.489 e. The Morgan fingerprint density at radius 2 is 1.87 bits per heavy atom. The van der Waals surface area contributed by atoms with Crippen molar-refractivity contribution in [1.29, 1.82) is 0 Å². The number of alkyl halides is 3. The molecule has 238 valence electrons. The van der Waals surface area contributed by atoms with E-state index in [9.17, 15) is 33.0 Å². The number of aliphatic hydroxyl groups is 1. The summed E-state index contributed by atoms with van der Waals surface area (Å²) in [6.45, 7) is 6.89. The van der Waals surface area contributed by atoms with Gasteiger partial charge in [0.25, 0.3) is 5.91 Å². The summed E-state index contributed by atoms with van der Waals surface area (Å²) < 4.78 is 48.1. The van der Waals surface area contributed by atoms with Crippen molar-refractivity contribution in [3.05, 3.63) is 81.5 Å². The Hall–Kier alpha value is -4.23. The summed E-state index contributed by atoms with van der Waals surface area (Å²) in [7, 11) is 0. The number of nitrogens with zero attached hydrogens (tertiary/aromatic N) is 4. The van der Waals surface area contributed by atoms with E-state index in [0.717, 1.165) is 40.1 Å². The predicted molar refractivity (Wildman–Crippen MR) is 162 cm³/mol. The molecule has 1 aliphatic rings. The molecule has 1 atom stereocenters. The number of carbonyl (C=O) groups excluding carboxylic acids is 1. The van der Waals surface area contributed by atoms with Gasteiger partial charge in [-0.1, -0.05) is 19.1 Å². The summed E-state index contributed by atoms with van der Waals surface area (Å²) >= 11 is 1.43. The van der Waals surface area contributed by atoms with Gasteiger partial charge in [0.05, 0.1) is 16.8 Å². The van der Waals surface area contributed by atoms with E-state index < -0.39 is 29.5 Å². The number of ether oxygens (including phenoxy) is 1. The van der Waals surface area contributed by atoms with Gasteiger partial charge in [-0.05, 0) is 80.5 Å². The number of benzene rings is 1. The Labute approximate surface area is 261 Å². The first kappa shape index (κ1) is 32.2. The van der Waals surface area contributed by atoms with Gasteiger partial charge in [-0.3, -0.25) is 4.79 Å². The van der Waals surface area contributed by atoms with E-state index in [1.165, 1.54) is 29.9 Å². The fourth-order valence-electron chi connectivity index (χ4n) is 5.72. The second-order valence-corrected chi connectivity index (χ2v) is 12.2. The van der Waals surface area contributed by atoms with E-state index in [2.05, 4.69) is 23.1 Å². The fraction of sp³-hybridized carbons (Fsp3) is 0.375. The molecule has 1 fully saturated rings. The van der Waals surface area contributed by atoms with Crippen molar-refractivity contribution >= 4 is 23.2 Å². The van der Waals surface area contributed by atoms with E-state index in [0.29, 0.717) is 41.3 Å². The first-order chi connectivity index (χ1) is 21.4. The summed E-state index contributed by atoms with van der Waals surface area (Å²) in [5.74, 6) is -1.14. The second-order valence-electron chi connectivity index (χ2n) is 11.0. The number of aromatic carboxylic acids is 1. The molecule has 1 aromatic carbocycles. The molecule has 5 rings (SSSR count). The quantitative estimate of drug-likeness (QED) is 0.222. The molecular formula is C32H33F3N4O5S. The minimum atomic E-state index is -4.96. The van der Waals surface area contributed by atoms with Crippen molar-refractivity contribution in [2.45, 2.75) is 64.8 Å². The highest BCUT2D eigenvalue weighted by molar-refractivity contribution is 7.15. The smallest absolute Gasteiger partial charge is 0.434 e. The molecular weight excluding hydrogens is 609 g/mol. The molecule has 4 heterocycles. The molecule has 0 unspecified atom stereocenters. The average Bonchev–Trinajstić information content (AvgIpc) is 3.64. The van der Waals surface area contributed by atoms with Crippen LogP contribution in [0.5, 0.6) is 5.75 Å². The van der Waals surface area contributed by atoms with Crippen LogP contribution in [0, 0.1) is 6.92 Å². The summed E-state index contributed by atoms with van der Waals surface area (Å²) in [6.07, 6.45) is -2.85. The van der Waals surface area contributed by atoms with Crippen molar-refractivity contribution < 1.29 is 37.7 Å². The molecule has 0 radical (unpaired) electrons. The summed E-state index contributed by atoms with van der Waals surface area (Å²) in [6, 6.07) is 12.5. The predicted octanol–water partition coefficient (Wildman–Crippen LogP) is 6.25. The third kappa shape index (κ3) is 6.89. The van der Waals surface area contributed by atoms with Gasteiger partial charge in [0.15, 0.2) is 11.5 Å². The number of rotatable bonds is 9. The monoisotopic (exact) mass is 642 g/mol. The van der Waals surface area contributed by atoms with Crippen molar-refractivity contribution in [2.24, 2.45) is 0 Å². The highest BCUT2D eigenvalue weighted by Crippen LogP contribution is 2.37. The van der Waals surface area contributed by atoms with Crippen LogP contribution in [-0.2, 0) is 24.0 Å². The number of amides is 1. The number of carboxylic acid groups (broad SMARTS) is 1. The number of carboxylic acids is 1. The van der Waals surface area contributed by atoms with E-state index in [1.54, 1.807) is 17.0 Å². The number of hydrogen-bond donors (Lipinski definition) is 2. The molecule has 45 heavy (non-hydrogen) atoms. The van der Waals surface area contributed by atoms with Gasteiger partial charge in [-0.25, -0.2) is 14.5 Å². The van der Waals surface area contributed by atoms with Gasteiger partial charge < -0.3 is 19.8 Å². The van der Waals surface area contributed by atoms with Gasteiger partial charge in [-0.15, -0.1) is 11.3 Å². The molecule has 3 aromatic heterocycles. The van der Waals surface area contributed by atoms with Crippen molar-refractivity contribution in [3.8, 4) is 22.1 Å². The zero-order chi connectivity index (χ0) is 32.5. The molecule has 1 saturated heterocycles. The fourth-order valence-corrected chi connectivity index (χ4v) is 6.71. The lowest BCUT2D eigenvalue weighted by molar-refractivity contribution is -0.143. The van der Waals surface area contributed by atoms with Crippen LogP contribution in [0.1, 0.15) is 70.2 Å². The lowest BCUT2D eigenvalue weighted by Gasteiger charge is -2.33. The molecule has 1 amide bonds. The Balaban J connectivity index is 1.34. The number of pyridine rings is 1. The summed E-state index contributed by atoms with van der Waals surface area (Å²) in [4.78, 5) is 31.4. The Bertz CT molecular complexity index is 1710. The van der Waals surface area contributed by atoms with E-state index in [-0.39, 0.29) is 18.3 Å². The SMILES string of the molecule is CCc1cc(OCc2cc(C)sc2-c2cccc(-n3ncc(C(=O)O)c3C(F)(F)F)n2)ccc1C1CCN(C(=O)[C@H](C)O)CC1. The molecule has 4 aromatic rings. The first-order valence-electron chi connectivity index (χ1n) is 14.6. The van der Waals surface area contributed by atoms with Crippen LogP contribution in [0.2, 0.25) is 0 Å². The first-order valence-corrected chi connectivity index (χ1v) is 15.4. The molecule has 0 saturated carbocycles. The van der Waals surface area contributed by atoms with Crippen molar-refractivity contribution in [2.75, 3.05) is 13.1 Å². The molecule has 2 N–H and O–H groups in total. The van der Waals surface area contributed by atoms with Gasteiger partial charge in [-0.2, -0.15) is 18.3 Å². The average molecular weight is 643 g/mol. The lowest BCUT2D eigenvalue weighted by Crippen LogP contribution is -2.42. The third-order valence-electron chi connectivity index (χ3n) is 7.88. The van der Waals surface area contributed by atoms with Crippen LogP contribution in [-0.4, -0.2) is 60.9 Å². The number of hydrogen-bond acceptors (Lipinski definition) is 7. The van der Waals surface area contributed by atoms with Crippen molar-refractivity contribution in [1.82, 2.24) is 19.7 Å². The highest BCUT2D eigenvalue weighted by Gasteiger charge is 2.41. The van der Waals surface area contributed by atoms with E-state index >= 15 is 0 Å². The zero-order valence-electron chi connectivity index (χ0n) is 25.0. The van der Waals surface area contributed by atoms with Gasteiger partial charge in [0.1, 0.15) is 24.0 Å². The Morgan fingerprint density at radius 3 is 2.51 bits per heavy atom. The number of likely N-dealkylation sites (tertiary alicyclic amines) is 1. The van der Waals surface area contributed by atoms with Crippen LogP contribution in [0.4, 0.5) is 13.2 Å². The van der Waals surface area contributed by atoms with Crippen LogP contribution in [0.3, 0.4) is 0 Å². The van der Waals surface area contributed by atoms with Crippen LogP contribution >= 0.6 is 11.3 Å². The Kier molecular flexibility index (Phi) is 9.31. The molecule has 0 bridgehead atoms. The Morgan fingerprint density at radius 1 is 1.13 bits per heavy atom. The largest absolute Gasteiger partial charge is 0.489 e. The topological polar surface area (TPSA) is 118 Å². The molecule has 9 nitrogen and oxygen atoms in total. The van der Waals surface area contributed by atoms with Crippen LogP contribution in [0.25, 0.3) is 16.4 Å². The van der Waals surface area contributed by atoms with Crippen LogP contribution in [0.15, 0.2) is 48.7 Å². The number of aliphatic hydroxyl groups excluding tert-OH is 1. The van der Waals surface area contributed by atoms with Crippen LogP contribution < -0.4 is 4.74 Å². The normalized spacial score (nSPS) is 14.9. The summed E-state index contributed by atoms with van der Waals surface area (Å²) in [5.41, 5.74) is 1.25. The maximum atomic E-state index is 13.8. The van der Waals surface area contributed by atoms with E-state index in [4.69, 9.17) is 4.74 Å². The lowest BCUT2D eigenvalue weighted by atomic mass is 9.85.